The molecule has 0 spiro atoms. The van der Waals surface area contributed by atoms with Gasteiger partial charge in [-0.15, -0.1) is 0 Å². The Morgan fingerprint density at radius 2 is 1.80 bits per heavy atom. The van der Waals surface area contributed by atoms with Gasteiger partial charge in [-0.2, -0.15) is 0 Å². The molecule has 0 unspecified atom stereocenters. The quantitative estimate of drug-likeness (QED) is 0.249. The van der Waals surface area contributed by atoms with Crippen molar-refractivity contribution in [2.24, 2.45) is 4.99 Å². The second kappa shape index (κ2) is 11.6. The summed E-state index contributed by atoms with van der Waals surface area (Å²) in [5.41, 5.74) is 0. The molecule has 0 bridgehead atoms. The van der Waals surface area contributed by atoms with Crippen molar-refractivity contribution in [3.63, 3.8) is 0 Å². The molecular weight excluding hydrogens is 210 g/mol. The van der Waals surface area contributed by atoms with Crippen LogP contribution < -0.4 is 0 Å². The normalized spacial score (nSPS) is 10.3. The van der Waals surface area contributed by atoms with Crippen LogP contribution in [0.5, 0.6) is 0 Å². The molecule has 88 valence electrons. The van der Waals surface area contributed by atoms with Crippen LogP contribution in [0.1, 0.15) is 33.1 Å². The minimum absolute atomic E-state index is 0.596. The van der Waals surface area contributed by atoms with Gasteiger partial charge in [-0.3, -0.25) is 0 Å². The molecule has 15 heavy (non-hydrogen) atoms. The zero-order valence-electron chi connectivity index (χ0n) is 9.70. The predicted octanol–water partition coefficient (Wildman–Crippen LogP) is 1.79. The first-order chi connectivity index (χ1) is 7.35. The van der Waals surface area contributed by atoms with Gasteiger partial charge in [-0.25, -0.2) is 9.79 Å². The summed E-state index contributed by atoms with van der Waals surface area (Å²) in [6.45, 7) is 6.08. The molecule has 0 aliphatic rings. The molecule has 0 rings (SSSR count). The molecule has 0 radical (unpaired) electrons. The largest absolute Gasteiger partial charge is 0.397 e. The van der Waals surface area contributed by atoms with Crippen LogP contribution in [0, 0.1) is 0 Å². The summed E-state index contributed by atoms with van der Waals surface area (Å²) in [5.74, 6) is 0. The summed E-state index contributed by atoms with van der Waals surface area (Å²) in [6, 6.07) is 1.05. The number of hydrogen-bond acceptors (Lipinski definition) is 4. The lowest BCUT2D eigenvalue weighted by Gasteiger charge is -2.14. The van der Waals surface area contributed by atoms with Gasteiger partial charge < -0.3 is 8.85 Å². The first kappa shape index (κ1) is 14.5. The van der Waals surface area contributed by atoms with E-state index >= 15 is 0 Å². The van der Waals surface area contributed by atoms with Crippen molar-refractivity contribution in [2.45, 2.75) is 39.2 Å². The summed E-state index contributed by atoms with van der Waals surface area (Å²) >= 11 is 0. The highest BCUT2D eigenvalue weighted by atomic mass is 28.3. The first-order valence-corrected chi connectivity index (χ1v) is 7.37. The second-order valence-electron chi connectivity index (χ2n) is 3.16. The summed E-state index contributed by atoms with van der Waals surface area (Å²) in [7, 11) is -1.40. The molecule has 0 aromatic rings. The van der Waals surface area contributed by atoms with Gasteiger partial charge in [0.15, 0.2) is 0 Å². The Labute approximate surface area is 93.5 Å². The van der Waals surface area contributed by atoms with Gasteiger partial charge in [-0.05, 0) is 26.3 Å². The second-order valence-corrected chi connectivity index (χ2v) is 5.27. The Hall–Kier alpha value is -0.483. The summed E-state index contributed by atoms with van der Waals surface area (Å²) < 4.78 is 11.1. The zero-order chi connectivity index (χ0) is 11.4. The van der Waals surface area contributed by atoms with Crippen LogP contribution in [-0.2, 0) is 13.6 Å². The van der Waals surface area contributed by atoms with Crippen LogP contribution in [0.25, 0.3) is 0 Å². The van der Waals surface area contributed by atoms with Crippen molar-refractivity contribution in [3.05, 3.63) is 0 Å². The molecule has 5 heteroatoms. The van der Waals surface area contributed by atoms with Gasteiger partial charge in [0.05, 0.1) is 6.54 Å². The maximum Gasteiger partial charge on any atom is 0.321 e. The fourth-order valence-electron chi connectivity index (χ4n) is 1.31. The molecule has 4 nitrogen and oxygen atoms in total. The molecule has 0 heterocycles. The minimum atomic E-state index is -1.40. The van der Waals surface area contributed by atoms with E-state index in [1.54, 1.807) is 6.08 Å². The average Bonchev–Trinajstić information content (AvgIpc) is 2.24. The van der Waals surface area contributed by atoms with Crippen molar-refractivity contribution in [3.8, 4) is 0 Å². The Kier molecular flexibility index (Phi) is 11.2. The minimum Gasteiger partial charge on any atom is -0.397 e. The molecule has 0 aliphatic heterocycles. The highest BCUT2D eigenvalue weighted by Crippen LogP contribution is 2.06. The standard InChI is InChI=1S/C10H21NO3Si/c1-3-13-15(14-4-2)9-7-5-6-8-11-10-12/h15H,3-9H2,1-2H3. The molecule has 0 saturated heterocycles. The van der Waals surface area contributed by atoms with Crippen LogP contribution in [0.4, 0.5) is 0 Å². The summed E-state index contributed by atoms with van der Waals surface area (Å²) in [5, 5.41) is 0. The number of nitrogens with zero attached hydrogens (tertiary/aromatic N) is 1. The Bertz CT molecular complexity index is 178. The fourth-order valence-corrected chi connectivity index (χ4v) is 3.11. The van der Waals surface area contributed by atoms with Crippen molar-refractivity contribution >= 4 is 15.4 Å². The van der Waals surface area contributed by atoms with E-state index in [0.717, 1.165) is 38.5 Å². The number of hydrogen-bond donors (Lipinski definition) is 0. The Morgan fingerprint density at radius 1 is 1.13 bits per heavy atom. The monoisotopic (exact) mass is 231 g/mol. The molecule has 0 atom stereocenters. The average molecular weight is 231 g/mol. The van der Waals surface area contributed by atoms with Gasteiger partial charge >= 0.3 is 9.28 Å². The predicted molar refractivity (Wildman–Crippen MR) is 62.0 cm³/mol. The lowest BCUT2D eigenvalue weighted by atomic mass is 10.2. The van der Waals surface area contributed by atoms with Crippen LogP contribution >= 0.6 is 0 Å². The first-order valence-electron chi connectivity index (χ1n) is 5.62. The fraction of sp³-hybridized carbons (Fsp3) is 0.900. The lowest BCUT2D eigenvalue weighted by Crippen LogP contribution is -2.22. The third-order valence-corrected chi connectivity index (χ3v) is 4.27. The van der Waals surface area contributed by atoms with Crippen molar-refractivity contribution < 1.29 is 13.6 Å². The van der Waals surface area contributed by atoms with Gasteiger partial charge in [0.1, 0.15) is 0 Å². The number of aliphatic imine (C=N–C) groups is 1. The topological polar surface area (TPSA) is 47.9 Å². The third kappa shape index (κ3) is 9.81. The van der Waals surface area contributed by atoms with Gasteiger partial charge in [-0.1, -0.05) is 12.8 Å². The van der Waals surface area contributed by atoms with Gasteiger partial charge in [0, 0.05) is 13.2 Å². The van der Waals surface area contributed by atoms with E-state index in [0.29, 0.717) is 6.54 Å². The van der Waals surface area contributed by atoms with E-state index in [1.807, 2.05) is 13.8 Å². The summed E-state index contributed by atoms with van der Waals surface area (Å²) in [4.78, 5) is 13.3. The maximum atomic E-state index is 9.79. The molecule has 0 aliphatic carbocycles. The van der Waals surface area contributed by atoms with E-state index < -0.39 is 9.28 Å². The molecule has 0 N–H and O–H groups in total. The third-order valence-electron chi connectivity index (χ3n) is 1.98. The van der Waals surface area contributed by atoms with Gasteiger partial charge in [0.2, 0.25) is 6.08 Å². The maximum absolute atomic E-state index is 9.79. The SMILES string of the molecule is CCO[SiH](CCCCCN=C=O)OCC. The molecular formula is C10H21NO3Si. The van der Waals surface area contributed by atoms with Gasteiger partial charge in [0.25, 0.3) is 0 Å². The zero-order valence-corrected chi connectivity index (χ0v) is 10.9. The van der Waals surface area contributed by atoms with Crippen molar-refractivity contribution in [1.29, 1.82) is 0 Å². The van der Waals surface area contributed by atoms with E-state index in [1.165, 1.54) is 0 Å². The Balaban J connectivity index is 3.39. The highest BCUT2D eigenvalue weighted by Gasteiger charge is 2.10. The van der Waals surface area contributed by atoms with Crippen LogP contribution in [0.3, 0.4) is 0 Å². The number of unbranched alkanes of at least 4 members (excludes halogenated alkanes) is 2. The van der Waals surface area contributed by atoms with E-state index in [-0.39, 0.29) is 0 Å². The van der Waals surface area contributed by atoms with Crippen LogP contribution in [-0.4, -0.2) is 35.1 Å². The number of carbonyl (C=O) groups excluding carboxylic acids is 1. The molecule has 0 aromatic carbocycles. The Morgan fingerprint density at radius 3 is 2.33 bits per heavy atom. The van der Waals surface area contributed by atoms with Crippen LogP contribution in [0.15, 0.2) is 4.99 Å². The molecule has 0 saturated carbocycles. The summed E-state index contributed by atoms with van der Waals surface area (Å²) in [6.07, 6.45) is 4.68. The van der Waals surface area contributed by atoms with Crippen LogP contribution in [0.2, 0.25) is 6.04 Å². The smallest absolute Gasteiger partial charge is 0.321 e. The number of rotatable bonds is 10. The molecule has 0 amide bonds. The molecule has 0 aromatic heterocycles. The van der Waals surface area contributed by atoms with E-state index in [4.69, 9.17) is 8.85 Å². The highest BCUT2D eigenvalue weighted by molar-refractivity contribution is 6.44. The lowest BCUT2D eigenvalue weighted by molar-refractivity contribution is 0.212. The number of isocyanates is 1. The molecule has 0 fully saturated rings. The van der Waals surface area contributed by atoms with E-state index in [2.05, 4.69) is 4.99 Å². The van der Waals surface area contributed by atoms with E-state index in [9.17, 15) is 4.79 Å². The van der Waals surface area contributed by atoms with Crippen molar-refractivity contribution in [2.75, 3.05) is 19.8 Å². The van der Waals surface area contributed by atoms with Crippen molar-refractivity contribution in [1.82, 2.24) is 0 Å².